The standard InChI is InChI=1S/C11H19N3OS/c1-2-14-3-4-15-11(7-14)6-12-5-10-8-16-9-13-10/h8-9,11-12H,2-7H2,1H3. The van der Waals surface area contributed by atoms with Crippen molar-refractivity contribution in [1.82, 2.24) is 15.2 Å². The molecule has 0 radical (unpaired) electrons. The normalized spacial score (nSPS) is 22.4. The zero-order valence-electron chi connectivity index (χ0n) is 9.69. The Labute approximate surface area is 101 Å². The number of ether oxygens (including phenoxy) is 1. The zero-order valence-corrected chi connectivity index (χ0v) is 10.5. The molecule has 2 heterocycles. The van der Waals surface area contributed by atoms with Crippen LogP contribution in [-0.4, -0.2) is 48.8 Å². The molecule has 4 nitrogen and oxygen atoms in total. The summed E-state index contributed by atoms with van der Waals surface area (Å²) in [6.07, 6.45) is 0.326. The number of morpholine rings is 1. The Kier molecular flexibility index (Phi) is 4.71. The fourth-order valence-electron chi connectivity index (χ4n) is 1.88. The van der Waals surface area contributed by atoms with Gasteiger partial charge in [0.25, 0.3) is 0 Å². The minimum Gasteiger partial charge on any atom is -0.374 e. The lowest BCUT2D eigenvalue weighted by molar-refractivity contribution is -0.0254. The summed E-state index contributed by atoms with van der Waals surface area (Å²) in [5.41, 5.74) is 2.99. The maximum atomic E-state index is 5.71. The van der Waals surface area contributed by atoms with E-state index in [1.165, 1.54) is 0 Å². The Hall–Kier alpha value is -0.490. The molecule has 1 aromatic rings. The fourth-order valence-corrected chi connectivity index (χ4v) is 2.44. The second-order valence-corrected chi connectivity index (χ2v) is 4.72. The summed E-state index contributed by atoms with van der Waals surface area (Å²) in [5.74, 6) is 0. The lowest BCUT2D eigenvalue weighted by Gasteiger charge is -2.32. The summed E-state index contributed by atoms with van der Waals surface area (Å²) in [6.45, 7) is 8.04. The molecule has 5 heteroatoms. The quantitative estimate of drug-likeness (QED) is 0.833. The molecular weight excluding hydrogens is 222 g/mol. The molecule has 0 amide bonds. The van der Waals surface area contributed by atoms with Crippen LogP contribution in [0.3, 0.4) is 0 Å². The molecule has 0 spiro atoms. The van der Waals surface area contributed by atoms with Crippen LogP contribution < -0.4 is 5.32 Å². The first kappa shape index (κ1) is 12.0. The van der Waals surface area contributed by atoms with Crippen LogP contribution >= 0.6 is 11.3 Å². The van der Waals surface area contributed by atoms with Gasteiger partial charge in [-0.25, -0.2) is 4.98 Å². The highest BCUT2D eigenvalue weighted by Crippen LogP contribution is 2.04. The third-order valence-electron chi connectivity index (χ3n) is 2.83. The monoisotopic (exact) mass is 241 g/mol. The number of hydrogen-bond acceptors (Lipinski definition) is 5. The molecule has 0 saturated carbocycles. The third-order valence-corrected chi connectivity index (χ3v) is 3.47. The average molecular weight is 241 g/mol. The largest absolute Gasteiger partial charge is 0.374 e. The van der Waals surface area contributed by atoms with E-state index in [1.54, 1.807) is 11.3 Å². The van der Waals surface area contributed by atoms with Crippen molar-refractivity contribution in [2.24, 2.45) is 0 Å². The zero-order chi connectivity index (χ0) is 11.2. The summed E-state index contributed by atoms with van der Waals surface area (Å²) in [7, 11) is 0. The maximum absolute atomic E-state index is 5.71. The Morgan fingerprint density at radius 1 is 1.69 bits per heavy atom. The van der Waals surface area contributed by atoms with Gasteiger partial charge in [0, 0.05) is 31.6 Å². The summed E-state index contributed by atoms with van der Waals surface area (Å²) in [5, 5.41) is 5.47. The molecule has 0 bridgehead atoms. The summed E-state index contributed by atoms with van der Waals surface area (Å²) in [6, 6.07) is 0. The number of rotatable bonds is 5. The predicted molar refractivity (Wildman–Crippen MR) is 65.7 cm³/mol. The molecule has 1 saturated heterocycles. The molecule has 1 aliphatic heterocycles. The molecule has 0 aliphatic carbocycles. The van der Waals surface area contributed by atoms with Crippen molar-refractivity contribution < 1.29 is 4.74 Å². The van der Waals surface area contributed by atoms with Crippen molar-refractivity contribution >= 4 is 11.3 Å². The van der Waals surface area contributed by atoms with E-state index < -0.39 is 0 Å². The van der Waals surface area contributed by atoms with Gasteiger partial charge in [-0.1, -0.05) is 6.92 Å². The highest BCUT2D eigenvalue weighted by Gasteiger charge is 2.18. The van der Waals surface area contributed by atoms with Crippen LogP contribution in [0.1, 0.15) is 12.6 Å². The van der Waals surface area contributed by atoms with Gasteiger partial charge < -0.3 is 10.1 Å². The number of likely N-dealkylation sites (N-methyl/N-ethyl adjacent to an activating group) is 1. The highest BCUT2D eigenvalue weighted by atomic mass is 32.1. The Morgan fingerprint density at radius 3 is 3.38 bits per heavy atom. The van der Waals surface area contributed by atoms with E-state index in [9.17, 15) is 0 Å². The smallest absolute Gasteiger partial charge is 0.0826 e. The van der Waals surface area contributed by atoms with E-state index in [0.29, 0.717) is 6.10 Å². The molecule has 1 unspecified atom stereocenters. The van der Waals surface area contributed by atoms with Crippen molar-refractivity contribution in [3.05, 3.63) is 16.6 Å². The molecular formula is C11H19N3OS. The van der Waals surface area contributed by atoms with Crippen molar-refractivity contribution in [1.29, 1.82) is 0 Å². The van der Waals surface area contributed by atoms with Gasteiger partial charge >= 0.3 is 0 Å². The number of thiazole rings is 1. The van der Waals surface area contributed by atoms with E-state index in [0.717, 1.165) is 45.0 Å². The van der Waals surface area contributed by atoms with E-state index >= 15 is 0 Å². The van der Waals surface area contributed by atoms with Crippen molar-refractivity contribution in [3.63, 3.8) is 0 Å². The first-order valence-electron chi connectivity index (χ1n) is 5.80. The SMILES string of the molecule is CCN1CCOC(CNCc2cscn2)C1. The van der Waals surface area contributed by atoms with Crippen LogP contribution in [0, 0.1) is 0 Å². The highest BCUT2D eigenvalue weighted by molar-refractivity contribution is 7.07. The van der Waals surface area contributed by atoms with Gasteiger partial charge in [0.05, 0.1) is 23.9 Å². The Morgan fingerprint density at radius 2 is 2.62 bits per heavy atom. The summed E-state index contributed by atoms with van der Waals surface area (Å²) in [4.78, 5) is 6.66. The lowest BCUT2D eigenvalue weighted by atomic mass is 10.2. The molecule has 1 aliphatic rings. The fraction of sp³-hybridized carbons (Fsp3) is 0.727. The second-order valence-electron chi connectivity index (χ2n) is 4.00. The maximum Gasteiger partial charge on any atom is 0.0826 e. The summed E-state index contributed by atoms with van der Waals surface area (Å²) < 4.78 is 5.71. The third kappa shape index (κ3) is 3.52. The number of hydrogen-bond donors (Lipinski definition) is 1. The molecule has 1 aromatic heterocycles. The van der Waals surface area contributed by atoms with Gasteiger partial charge in [0.2, 0.25) is 0 Å². The van der Waals surface area contributed by atoms with Crippen molar-refractivity contribution in [2.75, 3.05) is 32.8 Å². The molecule has 1 N–H and O–H groups in total. The first-order valence-corrected chi connectivity index (χ1v) is 6.74. The second kappa shape index (κ2) is 6.30. The average Bonchev–Trinajstić information content (AvgIpc) is 2.82. The molecule has 1 atom stereocenters. The number of nitrogens with one attached hydrogen (secondary N) is 1. The van der Waals surface area contributed by atoms with E-state index in [2.05, 4.69) is 27.5 Å². The number of aromatic nitrogens is 1. The first-order chi connectivity index (χ1) is 7.88. The predicted octanol–water partition coefficient (Wildman–Crippen LogP) is 0.953. The van der Waals surface area contributed by atoms with Gasteiger partial charge in [-0.15, -0.1) is 11.3 Å². The van der Waals surface area contributed by atoms with Crippen LogP contribution in [0.5, 0.6) is 0 Å². The molecule has 2 rings (SSSR count). The van der Waals surface area contributed by atoms with Crippen LogP contribution in [0.25, 0.3) is 0 Å². The summed E-state index contributed by atoms with van der Waals surface area (Å²) >= 11 is 1.64. The van der Waals surface area contributed by atoms with Gasteiger partial charge in [0.1, 0.15) is 0 Å². The van der Waals surface area contributed by atoms with Crippen LogP contribution in [-0.2, 0) is 11.3 Å². The van der Waals surface area contributed by atoms with Crippen LogP contribution in [0.4, 0.5) is 0 Å². The lowest BCUT2D eigenvalue weighted by Crippen LogP contribution is -2.46. The Bertz CT molecular complexity index is 291. The minimum absolute atomic E-state index is 0.326. The van der Waals surface area contributed by atoms with E-state index in [1.807, 2.05) is 5.51 Å². The van der Waals surface area contributed by atoms with E-state index in [4.69, 9.17) is 4.74 Å². The van der Waals surface area contributed by atoms with Gasteiger partial charge in [0.15, 0.2) is 0 Å². The topological polar surface area (TPSA) is 37.4 Å². The molecule has 1 fully saturated rings. The molecule has 90 valence electrons. The molecule has 0 aromatic carbocycles. The minimum atomic E-state index is 0.326. The molecule has 16 heavy (non-hydrogen) atoms. The number of nitrogens with zero attached hydrogens (tertiary/aromatic N) is 2. The van der Waals surface area contributed by atoms with Crippen LogP contribution in [0.15, 0.2) is 10.9 Å². The van der Waals surface area contributed by atoms with Gasteiger partial charge in [-0.3, -0.25) is 4.90 Å². The van der Waals surface area contributed by atoms with Crippen LogP contribution in [0.2, 0.25) is 0 Å². The van der Waals surface area contributed by atoms with Gasteiger partial charge in [-0.05, 0) is 6.54 Å². The van der Waals surface area contributed by atoms with E-state index in [-0.39, 0.29) is 0 Å². The van der Waals surface area contributed by atoms with Gasteiger partial charge in [-0.2, -0.15) is 0 Å². The van der Waals surface area contributed by atoms with Crippen molar-refractivity contribution in [3.8, 4) is 0 Å². The van der Waals surface area contributed by atoms with Crippen molar-refractivity contribution in [2.45, 2.75) is 19.6 Å². The Balaban J connectivity index is 1.65.